The number of thioether (sulfide) groups is 2. The lowest BCUT2D eigenvalue weighted by Gasteiger charge is -2.53. The van der Waals surface area contributed by atoms with E-state index in [0.717, 1.165) is 25.7 Å². The summed E-state index contributed by atoms with van der Waals surface area (Å²) in [6.07, 6.45) is 36.1. The molecule has 1 nitrogen and oxygen atoms in total. The molecule has 0 amide bonds. The summed E-state index contributed by atoms with van der Waals surface area (Å²) in [6, 6.07) is 26.6. The first-order valence-corrected chi connectivity index (χ1v) is 21.5. The maximum absolute atomic E-state index is 2.65. The summed E-state index contributed by atoms with van der Waals surface area (Å²) >= 11 is 4.26. The van der Waals surface area contributed by atoms with Gasteiger partial charge in [-0.3, -0.25) is 0 Å². The summed E-state index contributed by atoms with van der Waals surface area (Å²) in [4.78, 5) is 7.35. The van der Waals surface area contributed by atoms with Crippen molar-refractivity contribution in [1.82, 2.24) is 0 Å². The number of benzene rings is 3. The van der Waals surface area contributed by atoms with Crippen molar-refractivity contribution in [2.45, 2.75) is 91.7 Å². The lowest BCUT2D eigenvalue weighted by Crippen LogP contribution is -2.44. The molecule has 258 valence electrons. The Hall–Kier alpha value is -3.92. The van der Waals surface area contributed by atoms with E-state index in [1.807, 2.05) is 0 Å². The summed E-state index contributed by atoms with van der Waals surface area (Å²) in [5, 5.41) is 0.463. The number of rotatable bonds is 3. The first kappa shape index (κ1) is 31.6. The molecular formula is C49H45NS2. The highest BCUT2D eigenvalue weighted by atomic mass is 32.2. The molecule has 52 heavy (non-hydrogen) atoms. The van der Waals surface area contributed by atoms with Crippen LogP contribution in [0.2, 0.25) is 0 Å². The number of hydrogen-bond donors (Lipinski definition) is 0. The van der Waals surface area contributed by atoms with Gasteiger partial charge in [0.1, 0.15) is 0 Å². The van der Waals surface area contributed by atoms with Gasteiger partial charge >= 0.3 is 0 Å². The standard InChI is InChI=1S/C49H45NS2/c1-3-13-32(14-4-1)33-25-28-47-42(29-33)49(39-18-8-11-21-45(39)51-47)40-19-9-12-22-46(40)52-48-31-35(24-27-41(48)49)34-23-26-38-37-17-7-10-20-43(37)50(44(38)30-34)36-15-5-2-6-16-36/h1-3,5-7,9,11-13,15-17,19,21,23-24,26-27,30-31,33,37,43,46H,4,8,10,14,18,20,22,25,28-29H2. The van der Waals surface area contributed by atoms with E-state index in [2.05, 4.69) is 156 Å². The van der Waals surface area contributed by atoms with Gasteiger partial charge in [-0.2, -0.15) is 0 Å². The van der Waals surface area contributed by atoms with Gasteiger partial charge in [-0.1, -0.05) is 121 Å². The Balaban J connectivity index is 1.07. The largest absolute Gasteiger partial charge is 0.337 e. The molecule has 0 fully saturated rings. The van der Waals surface area contributed by atoms with Crippen molar-refractivity contribution in [3.05, 3.63) is 171 Å². The second kappa shape index (κ2) is 12.6. The van der Waals surface area contributed by atoms with E-state index in [4.69, 9.17) is 0 Å². The van der Waals surface area contributed by atoms with Crippen LogP contribution in [0.3, 0.4) is 0 Å². The molecule has 0 bridgehead atoms. The molecule has 5 atom stereocenters. The Kier molecular flexibility index (Phi) is 7.65. The normalized spacial score (nSPS) is 29.6. The van der Waals surface area contributed by atoms with Crippen LogP contribution in [0, 0.1) is 5.92 Å². The van der Waals surface area contributed by atoms with Gasteiger partial charge in [0, 0.05) is 38.4 Å². The fourth-order valence-corrected chi connectivity index (χ4v) is 13.8. The molecule has 3 heterocycles. The Morgan fingerprint density at radius 2 is 1.63 bits per heavy atom. The molecule has 1 spiro atoms. The lowest BCUT2D eigenvalue weighted by atomic mass is 9.57. The van der Waals surface area contributed by atoms with Crippen molar-refractivity contribution in [3.63, 3.8) is 0 Å². The third kappa shape index (κ3) is 4.77. The summed E-state index contributed by atoms with van der Waals surface area (Å²) in [5.74, 6) is 1.11. The van der Waals surface area contributed by atoms with E-state index >= 15 is 0 Å². The molecule has 8 aliphatic rings. The van der Waals surface area contributed by atoms with Crippen LogP contribution in [-0.4, -0.2) is 11.3 Å². The van der Waals surface area contributed by atoms with Gasteiger partial charge in [0.2, 0.25) is 0 Å². The van der Waals surface area contributed by atoms with E-state index in [1.54, 1.807) is 32.8 Å². The molecule has 0 aromatic heterocycles. The van der Waals surface area contributed by atoms with Crippen molar-refractivity contribution in [2.75, 3.05) is 4.90 Å². The minimum Gasteiger partial charge on any atom is -0.337 e. The molecule has 3 heteroatoms. The van der Waals surface area contributed by atoms with Crippen LogP contribution >= 0.6 is 23.5 Å². The van der Waals surface area contributed by atoms with E-state index < -0.39 is 0 Å². The molecule has 3 aromatic carbocycles. The van der Waals surface area contributed by atoms with Gasteiger partial charge < -0.3 is 4.90 Å². The monoisotopic (exact) mass is 711 g/mol. The van der Waals surface area contributed by atoms with Crippen LogP contribution < -0.4 is 4.90 Å². The molecule has 5 unspecified atom stereocenters. The number of nitrogens with zero attached hydrogens (tertiary/aromatic N) is 1. The highest BCUT2D eigenvalue weighted by molar-refractivity contribution is 8.07. The third-order valence-electron chi connectivity index (χ3n) is 13.3. The number of para-hydroxylation sites is 1. The Morgan fingerprint density at radius 1 is 0.750 bits per heavy atom. The average molecular weight is 712 g/mol. The maximum Gasteiger partial charge on any atom is 0.0631 e. The van der Waals surface area contributed by atoms with E-state index in [-0.39, 0.29) is 5.41 Å². The average Bonchev–Trinajstić information content (AvgIpc) is 3.55. The zero-order valence-corrected chi connectivity index (χ0v) is 31.4. The SMILES string of the molecule is C1=CCCC(C2CCC3=C(C2)C2(C4=CC=CCC4Sc4cc(-c5ccc6c(c5)N(c5ccccc5)C5CCC=CC65)ccc42)C2=C(C=CCC2)S3)=C1. The number of fused-ring (bicyclic) bond motifs is 9. The minimum atomic E-state index is -0.136. The predicted molar refractivity (Wildman–Crippen MR) is 222 cm³/mol. The van der Waals surface area contributed by atoms with Crippen LogP contribution in [0.25, 0.3) is 11.1 Å². The highest BCUT2D eigenvalue weighted by Gasteiger charge is 2.54. The van der Waals surface area contributed by atoms with Crippen molar-refractivity contribution in [3.8, 4) is 11.1 Å². The zero-order valence-electron chi connectivity index (χ0n) is 29.8. The van der Waals surface area contributed by atoms with Crippen molar-refractivity contribution >= 4 is 34.9 Å². The summed E-state index contributed by atoms with van der Waals surface area (Å²) in [6.45, 7) is 0. The van der Waals surface area contributed by atoms with Crippen molar-refractivity contribution in [2.24, 2.45) is 5.92 Å². The smallest absolute Gasteiger partial charge is 0.0631 e. The molecule has 0 saturated carbocycles. The second-order valence-corrected chi connectivity index (χ2v) is 18.2. The quantitative estimate of drug-likeness (QED) is 0.249. The fraction of sp³-hybridized carbons (Fsp3) is 0.306. The van der Waals surface area contributed by atoms with Gasteiger partial charge in [0.25, 0.3) is 0 Å². The van der Waals surface area contributed by atoms with Gasteiger partial charge in [-0.25, -0.2) is 0 Å². The summed E-state index contributed by atoms with van der Waals surface area (Å²) in [5.41, 5.74) is 15.0. The summed E-state index contributed by atoms with van der Waals surface area (Å²) < 4.78 is 0. The first-order valence-electron chi connectivity index (χ1n) is 19.8. The first-order chi connectivity index (χ1) is 25.8. The van der Waals surface area contributed by atoms with E-state index in [0.29, 0.717) is 23.1 Å². The highest BCUT2D eigenvalue weighted by Crippen LogP contribution is 2.67. The van der Waals surface area contributed by atoms with Gasteiger partial charge in [0.15, 0.2) is 0 Å². The molecular weight excluding hydrogens is 667 g/mol. The van der Waals surface area contributed by atoms with Crippen molar-refractivity contribution in [1.29, 1.82) is 0 Å². The Labute approximate surface area is 317 Å². The topological polar surface area (TPSA) is 3.24 Å². The fourth-order valence-electron chi connectivity index (χ4n) is 11.0. The molecule has 11 rings (SSSR count). The van der Waals surface area contributed by atoms with Crippen LogP contribution in [0.4, 0.5) is 11.4 Å². The van der Waals surface area contributed by atoms with Gasteiger partial charge in [-0.15, -0.1) is 11.8 Å². The molecule has 3 aromatic rings. The Morgan fingerprint density at radius 3 is 2.56 bits per heavy atom. The van der Waals surface area contributed by atoms with Crippen LogP contribution in [0.15, 0.2) is 164 Å². The molecule has 0 saturated heterocycles. The van der Waals surface area contributed by atoms with Gasteiger partial charge in [-0.05, 0) is 138 Å². The van der Waals surface area contributed by atoms with Gasteiger partial charge in [0.05, 0.1) is 5.41 Å². The lowest BCUT2D eigenvalue weighted by molar-refractivity contribution is 0.459. The third-order valence-corrected chi connectivity index (χ3v) is 15.9. The molecule has 5 aliphatic carbocycles. The van der Waals surface area contributed by atoms with Crippen molar-refractivity contribution < 1.29 is 0 Å². The summed E-state index contributed by atoms with van der Waals surface area (Å²) in [7, 11) is 0. The number of allylic oxidation sites excluding steroid dienone is 13. The number of hydrogen-bond acceptors (Lipinski definition) is 3. The van der Waals surface area contributed by atoms with E-state index in [9.17, 15) is 0 Å². The number of anilines is 2. The molecule has 0 N–H and O–H groups in total. The molecule has 3 aliphatic heterocycles. The van der Waals surface area contributed by atoms with Crippen LogP contribution in [-0.2, 0) is 5.41 Å². The minimum absolute atomic E-state index is 0.136. The van der Waals surface area contributed by atoms with E-state index in [1.165, 1.54) is 76.4 Å². The van der Waals surface area contributed by atoms with Crippen LogP contribution in [0.5, 0.6) is 0 Å². The molecule has 0 radical (unpaired) electrons. The predicted octanol–water partition coefficient (Wildman–Crippen LogP) is 13.6. The Bertz CT molecular complexity index is 2240. The zero-order chi connectivity index (χ0) is 34.2. The van der Waals surface area contributed by atoms with Crippen LogP contribution in [0.1, 0.15) is 81.3 Å². The maximum atomic E-state index is 2.65. The second-order valence-electron chi connectivity index (χ2n) is 15.9.